The molecule has 48 heteroatoms. The molecule has 0 aliphatic rings. The lowest BCUT2D eigenvalue weighted by Gasteiger charge is -2.45. The Balaban J connectivity index is 5.88. The zero-order chi connectivity index (χ0) is 77.3. The Hall–Kier alpha value is 4.25. The van der Waals surface area contributed by atoms with Gasteiger partial charge in [0.05, 0.1) is 0 Å². The first-order chi connectivity index (χ1) is 41.0. The van der Waals surface area contributed by atoms with E-state index in [2.05, 4.69) is 157 Å². The van der Waals surface area contributed by atoms with E-state index in [1.807, 2.05) is 144 Å². The van der Waals surface area contributed by atoms with E-state index in [0.29, 0.717) is 0 Å². The Labute approximate surface area is 614 Å². The van der Waals surface area contributed by atoms with Crippen LogP contribution in [0.1, 0.15) is 0 Å². The Bertz CT molecular complexity index is 2460. The van der Waals surface area contributed by atoms with Gasteiger partial charge in [-0.15, -0.1) is 0 Å². The zero-order valence-corrected chi connectivity index (χ0v) is 94.1. The lowest BCUT2D eigenvalue weighted by molar-refractivity contribution is 0.246. The maximum atomic E-state index is 10.5. The van der Waals surface area contributed by atoms with Crippen LogP contribution in [0.5, 0.6) is 0 Å². The van der Waals surface area contributed by atoms with Crippen LogP contribution >= 0.6 is 0 Å². The highest BCUT2D eigenvalue weighted by molar-refractivity contribution is 6.97. The molecule has 0 heterocycles. The lowest BCUT2D eigenvalue weighted by Crippen LogP contribution is -2.63. The fourth-order valence-corrected chi connectivity index (χ4v) is 135. The van der Waals surface area contributed by atoms with Crippen molar-refractivity contribution in [1.82, 2.24) is 0 Å². The van der Waals surface area contributed by atoms with Crippen LogP contribution in [-0.4, -0.2) is 211 Å². The molecule has 0 rings (SSSR count). The van der Waals surface area contributed by atoms with Gasteiger partial charge in [-0.25, -0.2) is 0 Å². The molecule has 0 amide bonds. The molecule has 0 aromatic heterocycles. The Morgan fingerprint density at radius 2 is 0.208 bits per heavy atom. The molecular formula is C48H146O24Si24. The van der Waals surface area contributed by atoms with Crippen LogP contribution in [0.15, 0.2) is 0 Å². The third kappa shape index (κ3) is 46.6. The largest absolute Gasteiger partial charge is 0.440 e. The van der Waals surface area contributed by atoms with Crippen molar-refractivity contribution >= 4 is 206 Å². The number of hydrogen-bond acceptors (Lipinski definition) is 24. The molecule has 0 bridgehead atoms. The predicted octanol–water partition coefficient (Wildman–Crippen LogP) is 16.5. The average molecular weight is 1780 g/mol. The van der Waals surface area contributed by atoms with Crippen molar-refractivity contribution in [1.29, 1.82) is 0 Å². The second kappa shape index (κ2) is 33.8. The first kappa shape index (κ1) is 100. The van der Waals surface area contributed by atoms with Crippen molar-refractivity contribution < 1.29 is 99.4 Å². The minimum Gasteiger partial charge on any atom is -0.440 e. The molecule has 0 radical (unpaired) electrons. The van der Waals surface area contributed by atoms with Gasteiger partial charge in [-0.3, -0.25) is 0 Å². The Kier molecular flexibility index (Phi) is 35.3. The normalized spacial score (nSPS) is 16.2. The van der Waals surface area contributed by atoms with Gasteiger partial charge in [0, 0.05) is 0 Å². The Morgan fingerprint density at radius 3 is 0.281 bits per heavy atom. The molecule has 96 heavy (non-hydrogen) atoms. The highest BCUT2D eigenvalue weighted by Crippen LogP contribution is 2.36. The van der Waals surface area contributed by atoms with Crippen molar-refractivity contribution in [2.24, 2.45) is 0 Å². The molecule has 0 saturated heterocycles. The molecule has 0 spiro atoms. The summed E-state index contributed by atoms with van der Waals surface area (Å²) in [7, 11) is -65.7. The topological polar surface area (TPSA) is 233 Å². The Morgan fingerprint density at radius 1 is 0.135 bits per heavy atom. The molecule has 0 fully saturated rings. The number of rotatable bonds is 46. The zero-order valence-electron chi connectivity index (χ0n) is 69.9. The van der Waals surface area contributed by atoms with Gasteiger partial charge in [-0.1, -0.05) is 0 Å². The van der Waals surface area contributed by atoms with Crippen LogP contribution in [0.4, 0.5) is 0 Å². The molecule has 0 aromatic rings. The first-order valence-electron chi connectivity index (χ1n) is 33.8. The average Bonchev–Trinajstić information content (AvgIpc) is 0.813. The maximum Gasteiger partial charge on any atom is 0.320 e. The van der Waals surface area contributed by atoms with Gasteiger partial charge in [0.2, 0.25) is 0 Å². The van der Waals surface area contributed by atoms with E-state index in [0.717, 1.165) is 0 Å². The molecule has 0 aromatic carbocycles. The summed E-state index contributed by atoms with van der Waals surface area (Å²) in [6.07, 6.45) is 0. The third-order valence-electron chi connectivity index (χ3n) is 11.3. The summed E-state index contributed by atoms with van der Waals surface area (Å²) in [5, 5.41) is 0. The minimum absolute atomic E-state index is 1.28. The van der Waals surface area contributed by atoms with E-state index in [1.54, 1.807) is 13.1 Å². The van der Waals surface area contributed by atoms with Gasteiger partial charge in [-0.05, 0) is 314 Å². The SMILES string of the molecule is C[SiH](C)O[Si](C)(C)O[Si](C)(C)O[Si](C)(C)O[Si](C)(C)O[Si](C)(C)O[Si](C)(C)O[Si](C)(C)O[Si](C)(C)O[Si](C)(C)O[Si](C)(C)O[Si](C)(C)O[Si](C)(C)O[Si](C)(C)O[Si](C)(C)O[Si](C)(C)O[Si](C)(C)O[Si](C)(C)O[Si](C)(C)O[Si](C)(C)O[Si](C)(C)O[Si](C)(C)O[Si](C)(C)O[Si](C)(C)O. The van der Waals surface area contributed by atoms with Gasteiger partial charge in [-0.2, -0.15) is 0 Å². The van der Waals surface area contributed by atoms with E-state index < -0.39 is 206 Å². The molecule has 0 unspecified atom stereocenters. The molecule has 0 aliphatic carbocycles. The lowest BCUT2D eigenvalue weighted by atomic mass is 11.9. The fourth-order valence-electron chi connectivity index (χ4n) is 14.1. The summed E-state index contributed by atoms with van der Waals surface area (Å²) in [6, 6.07) is 0. The van der Waals surface area contributed by atoms with Crippen LogP contribution in [0, 0.1) is 0 Å². The van der Waals surface area contributed by atoms with Gasteiger partial charge in [0.1, 0.15) is 0 Å². The van der Waals surface area contributed by atoms with Gasteiger partial charge < -0.3 is 99.4 Å². The number of hydrogen-bond donors (Lipinski definition) is 1. The maximum absolute atomic E-state index is 10.5. The van der Waals surface area contributed by atoms with Gasteiger partial charge in [0.15, 0.2) is 9.04 Å². The molecule has 1 N–H and O–H groups in total. The van der Waals surface area contributed by atoms with Gasteiger partial charge in [0.25, 0.3) is 0 Å². The summed E-state index contributed by atoms with van der Waals surface area (Å²) in [4.78, 5) is 10.5. The summed E-state index contributed by atoms with van der Waals surface area (Å²) in [5.74, 6) is 0. The molecular weight excluding hydrogens is 1630 g/mol. The van der Waals surface area contributed by atoms with Crippen LogP contribution in [0.2, 0.25) is 314 Å². The highest BCUT2D eigenvalue weighted by Gasteiger charge is 2.56. The van der Waals surface area contributed by atoms with Crippen LogP contribution in [0.25, 0.3) is 0 Å². The first-order valence-corrected chi connectivity index (χ1v) is 101. The molecule has 0 aliphatic heterocycles. The minimum atomic E-state index is -2.90. The predicted molar refractivity (Wildman–Crippen MR) is 448 cm³/mol. The summed E-state index contributed by atoms with van der Waals surface area (Å²) < 4.78 is 157. The van der Waals surface area contributed by atoms with Crippen molar-refractivity contribution in [3.8, 4) is 0 Å². The summed E-state index contributed by atoms with van der Waals surface area (Å²) >= 11 is 0. The quantitative estimate of drug-likeness (QED) is 0.0558. The third-order valence-corrected chi connectivity index (χ3v) is 102. The second-order valence-corrected chi connectivity index (χ2v) is 121. The smallest absolute Gasteiger partial charge is 0.320 e. The molecule has 0 atom stereocenters. The van der Waals surface area contributed by atoms with Crippen molar-refractivity contribution in [3.63, 3.8) is 0 Å². The van der Waals surface area contributed by atoms with E-state index in [1.165, 1.54) is 0 Å². The fraction of sp³-hybridized carbons (Fsp3) is 1.00. The second-order valence-electron chi connectivity index (χ2n) is 35.7. The van der Waals surface area contributed by atoms with Crippen molar-refractivity contribution in [3.05, 3.63) is 0 Å². The van der Waals surface area contributed by atoms with Crippen LogP contribution in [0.3, 0.4) is 0 Å². The van der Waals surface area contributed by atoms with E-state index >= 15 is 0 Å². The van der Waals surface area contributed by atoms with Crippen molar-refractivity contribution in [2.75, 3.05) is 0 Å². The highest BCUT2D eigenvalue weighted by atomic mass is 28.6. The van der Waals surface area contributed by atoms with E-state index in [9.17, 15) is 4.80 Å². The van der Waals surface area contributed by atoms with Gasteiger partial charge >= 0.3 is 197 Å². The van der Waals surface area contributed by atoms with E-state index in [-0.39, 0.29) is 0 Å². The van der Waals surface area contributed by atoms with E-state index in [4.69, 9.17) is 94.6 Å². The molecule has 24 nitrogen and oxygen atoms in total. The van der Waals surface area contributed by atoms with Crippen molar-refractivity contribution in [2.45, 2.75) is 314 Å². The molecule has 0 saturated carbocycles. The molecule has 578 valence electrons. The van der Waals surface area contributed by atoms with Crippen LogP contribution < -0.4 is 0 Å². The standard InChI is InChI=1S/C48H146O24Si24/c1-73(2)50-75(5,6)52-77(9,10)54-79(13,14)56-81(17,18)58-83(21,22)60-85(25,26)62-87(29,30)64-89(33,34)66-91(37,38)68-93(41,42)70-95(45,46)72-96(47,48)71-94(43,44)69-92(39,40)67-90(35,36)65-88(31,32)63-86(27,28)61-84(23,24)59-82(19,20)57-80(15,16)55-78(11,12)53-76(7,8)51-74(3,4)49/h49,73H,1-48H3. The summed E-state index contributed by atoms with van der Waals surface area (Å²) in [5.41, 5.74) is 0. The monoisotopic (exact) mass is 1780 g/mol. The summed E-state index contributed by atoms with van der Waals surface area (Å²) in [6.45, 7) is 97.8. The van der Waals surface area contributed by atoms with Crippen LogP contribution in [-0.2, 0) is 94.6 Å².